The quantitative estimate of drug-likeness (QED) is 0.380. The molecule has 0 saturated carbocycles. The molecule has 0 N–H and O–H groups in total. The summed E-state index contributed by atoms with van der Waals surface area (Å²) in [7, 11) is 0. The number of hydrogen-bond donors (Lipinski definition) is 0. The van der Waals surface area contributed by atoms with Crippen LogP contribution in [0.2, 0.25) is 0 Å². The van der Waals surface area contributed by atoms with Gasteiger partial charge in [-0.2, -0.15) is 0 Å². The van der Waals surface area contributed by atoms with E-state index in [-0.39, 0.29) is 0 Å². The minimum absolute atomic E-state index is 0.388. The lowest BCUT2D eigenvalue weighted by molar-refractivity contribution is 1.22. The van der Waals surface area contributed by atoms with Gasteiger partial charge in [-0.1, -0.05) is 17.3 Å². The number of azide groups is 1. The largest absolute Gasteiger partial charge is 0.265 e. The lowest BCUT2D eigenvalue weighted by Crippen LogP contribution is -1.73. The first-order chi connectivity index (χ1) is 5.93. The smallest absolute Gasteiger partial charge is 0.0443 e. The summed E-state index contributed by atoms with van der Waals surface area (Å²) in [5.74, 6) is 0. The van der Waals surface area contributed by atoms with E-state index in [1.807, 2.05) is 18.2 Å². The number of rotatable bonds is 3. The Bertz CT molecular complexity index is 298. The first-order valence-electron chi connectivity index (χ1n) is 3.51. The summed E-state index contributed by atoms with van der Waals surface area (Å²) in [4.78, 5) is 6.50. The maximum atomic E-state index is 7.98. The molecular formula is C8H8N4. The minimum Gasteiger partial charge on any atom is -0.265 e. The van der Waals surface area contributed by atoms with Crippen molar-refractivity contribution in [2.75, 3.05) is 6.54 Å². The second-order valence-electron chi connectivity index (χ2n) is 2.10. The minimum atomic E-state index is 0.388. The van der Waals surface area contributed by atoms with Gasteiger partial charge in [0.05, 0.1) is 0 Å². The molecule has 0 unspecified atom stereocenters. The van der Waals surface area contributed by atoms with Crippen LogP contribution in [0.4, 0.5) is 0 Å². The van der Waals surface area contributed by atoms with Gasteiger partial charge >= 0.3 is 0 Å². The van der Waals surface area contributed by atoms with Crippen molar-refractivity contribution in [3.63, 3.8) is 0 Å². The zero-order chi connectivity index (χ0) is 8.65. The molecular weight excluding hydrogens is 152 g/mol. The van der Waals surface area contributed by atoms with Gasteiger partial charge in [0.1, 0.15) is 0 Å². The molecule has 12 heavy (non-hydrogen) atoms. The van der Waals surface area contributed by atoms with E-state index in [9.17, 15) is 0 Å². The van der Waals surface area contributed by atoms with E-state index >= 15 is 0 Å². The van der Waals surface area contributed by atoms with Gasteiger partial charge in [-0.25, -0.2) is 0 Å². The van der Waals surface area contributed by atoms with Crippen LogP contribution in [0, 0.1) is 0 Å². The standard InChI is InChI=1S/C8H8N4/c9-12-11-5-1-2-8-3-6-10-7-4-8/h1-4,6-7H,5H2. The third-order valence-corrected chi connectivity index (χ3v) is 1.27. The van der Waals surface area contributed by atoms with Crippen LogP contribution in [0.1, 0.15) is 5.56 Å². The predicted octanol–water partition coefficient (Wildman–Crippen LogP) is 2.41. The summed E-state index contributed by atoms with van der Waals surface area (Å²) in [6.45, 7) is 0.388. The first-order valence-corrected chi connectivity index (χ1v) is 3.51. The molecule has 4 heteroatoms. The molecule has 0 spiro atoms. The first kappa shape index (κ1) is 8.30. The Labute approximate surface area is 70.2 Å². The van der Waals surface area contributed by atoms with Crippen LogP contribution < -0.4 is 0 Å². The highest BCUT2D eigenvalue weighted by atomic mass is 15.1. The Morgan fingerprint density at radius 1 is 1.50 bits per heavy atom. The van der Waals surface area contributed by atoms with Gasteiger partial charge in [0.2, 0.25) is 0 Å². The number of hydrogen-bond acceptors (Lipinski definition) is 2. The van der Waals surface area contributed by atoms with E-state index in [1.54, 1.807) is 18.5 Å². The zero-order valence-corrected chi connectivity index (χ0v) is 6.46. The van der Waals surface area contributed by atoms with Crippen LogP contribution in [0.15, 0.2) is 35.7 Å². The molecule has 4 nitrogen and oxygen atoms in total. The summed E-state index contributed by atoms with van der Waals surface area (Å²) in [5.41, 5.74) is 9.03. The molecule has 0 amide bonds. The van der Waals surface area contributed by atoms with E-state index < -0.39 is 0 Å². The molecule has 0 fully saturated rings. The summed E-state index contributed by atoms with van der Waals surface area (Å²) >= 11 is 0. The van der Waals surface area contributed by atoms with Crippen molar-refractivity contribution < 1.29 is 0 Å². The van der Waals surface area contributed by atoms with Crippen molar-refractivity contribution >= 4 is 6.08 Å². The van der Waals surface area contributed by atoms with Crippen molar-refractivity contribution in [1.29, 1.82) is 0 Å². The van der Waals surface area contributed by atoms with Gasteiger partial charge in [0, 0.05) is 23.9 Å². The van der Waals surface area contributed by atoms with E-state index in [2.05, 4.69) is 15.0 Å². The van der Waals surface area contributed by atoms with Crippen molar-refractivity contribution in [1.82, 2.24) is 4.98 Å². The Hall–Kier alpha value is -1.80. The lowest BCUT2D eigenvalue weighted by atomic mass is 10.2. The van der Waals surface area contributed by atoms with Crippen molar-refractivity contribution in [3.8, 4) is 0 Å². The third-order valence-electron chi connectivity index (χ3n) is 1.27. The van der Waals surface area contributed by atoms with Gasteiger partial charge in [0.25, 0.3) is 0 Å². The molecule has 0 aliphatic carbocycles. The summed E-state index contributed by atoms with van der Waals surface area (Å²) in [6.07, 6.45) is 7.12. The molecule has 0 aliphatic rings. The summed E-state index contributed by atoms with van der Waals surface area (Å²) < 4.78 is 0. The Morgan fingerprint density at radius 2 is 2.25 bits per heavy atom. The van der Waals surface area contributed by atoms with Gasteiger partial charge in [-0.3, -0.25) is 4.98 Å². The van der Waals surface area contributed by atoms with Crippen LogP contribution in [-0.4, -0.2) is 11.5 Å². The van der Waals surface area contributed by atoms with Crippen LogP contribution in [0.5, 0.6) is 0 Å². The van der Waals surface area contributed by atoms with Crippen molar-refractivity contribution in [3.05, 3.63) is 46.6 Å². The average molecular weight is 160 g/mol. The van der Waals surface area contributed by atoms with Crippen LogP contribution >= 0.6 is 0 Å². The molecule has 0 aliphatic heterocycles. The second-order valence-corrected chi connectivity index (χ2v) is 2.10. The van der Waals surface area contributed by atoms with Gasteiger partial charge in [-0.15, -0.1) is 0 Å². The van der Waals surface area contributed by atoms with Crippen LogP contribution in [0.3, 0.4) is 0 Å². The third kappa shape index (κ3) is 2.86. The highest BCUT2D eigenvalue weighted by Crippen LogP contribution is 1.98. The molecule has 1 rings (SSSR count). The highest BCUT2D eigenvalue weighted by Gasteiger charge is 1.80. The van der Waals surface area contributed by atoms with Gasteiger partial charge in [0.15, 0.2) is 0 Å². The topological polar surface area (TPSA) is 61.7 Å². The Kier molecular flexibility index (Phi) is 3.41. The maximum Gasteiger partial charge on any atom is 0.0443 e. The van der Waals surface area contributed by atoms with Crippen LogP contribution in [-0.2, 0) is 0 Å². The zero-order valence-electron chi connectivity index (χ0n) is 6.46. The fraction of sp³-hybridized carbons (Fsp3) is 0.125. The molecule has 1 aromatic rings. The molecule has 1 aromatic heterocycles. The Morgan fingerprint density at radius 3 is 2.92 bits per heavy atom. The SMILES string of the molecule is [N-]=[N+]=NCC=Cc1ccncc1. The van der Waals surface area contributed by atoms with Crippen molar-refractivity contribution in [2.45, 2.75) is 0 Å². The number of aromatic nitrogens is 1. The molecule has 0 radical (unpaired) electrons. The second kappa shape index (κ2) is 4.93. The molecule has 0 aromatic carbocycles. The average Bonchev–Trinajstić information content (AvgIpc) is 2.14. The van der Waals surface area contributed by atoms with Crippen molar-refractivity contribution in [2.24, 2.45) is 5.11 Å². The monoisotopic (exact) mass is 160 g/mol. The summed E-state index contributed by atoms with van der Waals surface area (Å²) in [6, 6.07) is 3.76. The van der Waals surface area contributed by atoms with Gasteiger partial charge in [-0.05, 0) is 23.2 Å². The molecule has 0 bridgehead atoms. The van der Waals surface area contributed by atoms with E-state index in [0.29, 0.717) is 6.54 Å². The lowest BCUT2D eigenvalue weighted by Gasteiger charge is -1.88. The maximum absolute atomic E-state index is 7.98. The molecule has 0 saturated heterocycles. The van der Waals surface area contributed by atoms with E-state index in [1.165, 1.54) is 0 Å². The molecule has 1 heterocycles. The molecule has 60 valence electrons. The fourth-order valence-corrected chi connectivity index (χ4v) is 0.747. The number of pyridine rings is 1. The summed E-state index contributed by atoms with van der Waals surface area (Å²) in [5, 5.41) is 3.36. The fourth-order valence-electron chi connectivity index (χ4n) is 0.747. The van der Waals surface area contributed by atoms with E-state index in [0.717, 1.165) is 5.56 Å². The highest BCUT2D eigenvalue weighted by molar-refractivity contribution is 5.47. The molecule has 0 atom stereocenters. The van der Waals surface area contributed by atoms with Gasteiger partial charge < -0.3 is 0 Å². The predicted molar refractivity (Wildman–Crippen MR) is 47.3 cm³/mol. The Balaban J connectivity index is 2.52. The number of nitrogens with zero attached hydrogens (tertiary/aromatic N) is 4. The van der Waals surface area contributed by atoms with E-state index in [4.69, 9.17) is 5.53 Å². The van der Waals surface area contributed by atoms with Crippen LogP contribution in [0.25, 0.3) is 16.5 Å². The normalized spacial score (nSPS) is 9.67.